The van der Waals surface area contributed by atoms with Crippen LogP contribution in [-0.4, -0.2) is 15.1 Å². The van der Waals surface area contributed by atoms with E-state index in [0.29, 0.717) is 11.7 Å². The first-order valence-electron chi connectivity index (χ1n) is 4.57. The lowest BCUT2D eigenvalue weighted by Crippen LogP contribution is -2.05. The second-order valence-electron chi connectivity index (χ2n) is 3.67. The molecule has 0 aromatic carbocycles. The van der Waals surface area contributed by atoms with Crippen molar-refractivity contribution in [3.63, 3.8) is 0 Å². The molecule has 0 radical (unpaired) electrons. The summed E-state index contributed by atoms with van der Waals surface area (Å²) in [5, 5.41) is 9.73. The summed E-state index contributed by atoms with van der Waals surface area (Å²) in [5.41, 5.74) is 0.723. The number of rotatable bonds is 3. The molecular formula is C10H16N2O. The van der Waals surface area contributed by atoms with Gasteiger partial charge in [0.15, 0.2) is 0 Å². The Labute approximate surface area is 78.9 Å². The largest absolute Gasteiger partial charge is 0.387 e. The Morgan fingerprint density at radius 3 is 2.69 bits per heavy atom. The van der Waals surface area contributed by atoms with Crippen molar-refractivity contribution in [2.75, 3.05) is 0 Å². The highest BCUT2D eigenvalue weighted by molar-refractivity contribution is 5.04. The minimum Gasteiger partial charge on any atom is -0.387 e. The van der Waals surface area contributed by atoms with Crippen LogP contribution in [0.15, 0.2) is 12.3 Å². The average Bonchev–Trinajstić information content (AvgIpc) is 2.03. The van der Waals surface area contributed by atoms with E-state index in [9.17, 15) is 5.11 Å². The zero-order valence-corrected chi connectivity index (χ0v) is 8.36. The van der Waals surface area contributed by atoms with Gasteiger partial charge in [0.05, 0.1) is 11.8 Å². The number of aliphatic hydroxyl groups is 1. The van der Waals surface area contributed by atoms with Crippen molar-refractivity contribution in [2.24, 2.45) is 5.92 Å². The Morgan fingerprint density at radius 2 is 2.15 bits per heavy atom. The number of aryl methyl sites for hydroxylation is 1. The molecule has 1 aromatic rings. The van der Waals surface area contributed by atoms with Gasteiger partial charge in [-0.15, -0.1) is 0 Å². The van der Waals surface area contributed by atoms with Crippen LogP contribution >= 0.6 is 0 Å². The molecular weight excluding hydrogens is 164 g/mol. The van der Waals surface area contributed by atoms with Crippen LogP contribution in [0.5, 0.6) is 0 Å². The minimum absolute atomic E-state index is 0.457. The van der Waals surface area contributed by atoms with Gasteiger partial charge in [-0.2, -0.15) is 0 Å². The van der Waals surface area contributed by atoms with Gasteiger partial charge >= 0.3 is 0 Å². The SMILES string of the molecule is Cc1nccc(C(O)CC(C)C)n1. The van der Waals surface area contributed by atoms with Crippen LogP contribution in [0.25, 0.3) is 0 Å². The quantitative estimate of drug-likeness (QED) is 0.772. The molecule has 72 valence electrons. The maximum absolute atomic E-state index is 9.73. The summed E-state index contributed by atoms with van der Waals surface area (Å²) in [7, 11) is 0. The maximum Gasteiger partial charge on any atom is 0.125 e. The molecule has 1 heterocycles. The van der Waals surface area contributed by atoms with Crippen LogP contribution in [0, 0.1) is 12.8 Å². The highest BCUT2D eigenvalue weighted by Crippen LogP contribution is 2.18. The zero-order chi connectivity index (χ0) is 9.84. The third kappa shape index (κ3) is 3.11. The summed E-state index contributed by atoms with van der Waals surface area (Å²) in [6.07, 6.45) is 1.97. The van der Waals surface area contributed by atoms with Crippen molar-refractivity contribution in [3.8, 4) is 0 Å². The molecule has 0 aliphatic rings. The molecule has 3 heteroatoms. The van der Waals surface area contributed by atoms with E-state index in [-0.39, 0.29) is 0 Å². The summed E-state index contributed by atoms with van der Waals surface area (Å²) in [6.45, 7) is 5.99. The Balaban J connectivity index is 2.71. The molecule has 13 heavy (non-hydrogen) atoms. The van der Waals surface area contributed by atoms with Crippen molar-refractivity contribution in [3.05, 3.63) is 23.8 Å². The van der Waals surface area contributed by atoms with Gasteiger partial charge in [0.25, 0.3) is 0 Å². The molecule has 0 spiro atoms. The maximum atomic E-state index is 9.73. The lowest BCUT2D eigenvalue weighted by Gasteiger charge is -2.12. The first kappa shape index (κ1) is 10.1. The van der Waals surface area contributed by atoms with Crippen LogP contribution in [-0.2, 0) is 0 Å². The standard InChI is InChI=1S/C10H16N2O/c1-7(2)6-10(13)9-4-5-11-8(3)12-9/h4-5,7,10,13H,6H2,1-3H3. The van der Waals surface area contributed by atoms with E-state index in [1.807, 2.05) is 6.92 Å². The van der Waals surface area contributed by atoms with Gasteiger partial charge in [-0.05, 0) is 25.3 Å². The molecule has 0 bridgehead atoms. The predicted molar refractivity (Wildman–Crippen MR) is 51.2 cm³/mol. The van der Waals surface area contributed by atoms with Crippen molar-refractivity contribution in [1.29, 1.82) is 0 Å². The van der Waals surface area contributed by atoms with Gasteiger partial charge in [0, 0.05) is 6.20 Å². The fourth-order valence-corrected chi connectivity index (χ4v) is 1.23. The van der Waals surface area contributed by atoms with Gasteiger partial charge < -0.3 is 5.11 Å². The molecule has 1 aromatic heterocycles. The van der Waals surface area contributed by atoms with Gasteiger partial charge in [0.1, 0.15) is 5.82 Å². The van der Waals surface area contributed by atoms with E-state index in [2.05, 4.69) is 23.8 Å². The number of hydrogen-bond acceptors (Lipinski definition) is 3. The molecule has 1 atom stereocenters. The number of hydrogen-bond donors (Lipinski definition) is 1. The van der Waals surface area contributed by atoms with Gasteiger partial charge in [-0.1, -0.05) is 13.8 Å². The predicted octanol–water partition coefficient (Wildman–Crippen LogP) is 1.86. The van der Waals surface area contributed by atoms with Crippen LogP contribution in [0.1, 0.15) is 37.9 Å². The molecule has 1 N–H and O–H groups in total. The van der Waals surface area contributed by atoms with E-state index < -0.39 is 6.10 Å². The molecule has 0 aliphatic carbocycles. The average molecular weight is 180 g/mol. The third-order valence-electron chi connectivity index (χ3n) is 1.83. The summed E-state index contributed by atoms with van der Waals surface area (Å²) < 4.78 is 0. The lowest BCUT2D eigenvalue weighted by atomic mass is 10.0. The second kappa shape index (κ2) is 4.33. The number of nitrogens with zero attached hydrogens (tertiary/aromatic N) is 2. The minimum atomic E-state index is -0.457. The fraction of sp³-hybridized carbons (Fsp3) is 0.600. The van der Waals surface area contributed by atoms with Crippen molar-refractivity contribution >= 4 is 0 Å². The first-order valence-corrected chi connectivity index (χ1v) is 4.57. The second-order valence-corrected chi connectivity index (χ2v) is 3.67. The van der Waals surface area contributed by atoms with Crippen molar-refractivity contribution in [2.45, 2.75) is 33.3 Å². The van der Waals surface area contributed by atoms with Gasteiger partial charge in [0.2, 0.25) is 0 Å². The topological polar surface area (TPSA) is 46.0 Å². The van der Waals surface area contributed by atoms with Crippen LogP contribution in [0.2, 0.25) is 0 Å². The molecule has 1 unspecified atom stereocenters. The highest BCUT2D eigenvalue weighted by Gasteiger charge is 2.10. The summed E-state index contributed by atoms with van der Waals surface area (Å²) in [4.78, 5) is 8.14. The summed E-state index contributed by atoms with van der Waals surface area (Å²) >= 11 is 0. The van der Waals surface area contributed by atoms with Crippen molar-refractivity contribution in [1.82, 2.24) is 9.97 Å². The normalized spacial score (nSPS) is 13.3. The van der Waals surface area contributed by atoms with E-state index >= 15 is 0 Å². The van der Waals surface area contributed by atoms with E-state index in [1.54, 1.807) is 12.3 Å². The summed E-state index contributed by atoms with van der Waals surface area (Å²) in [5.74, 6) is 1.19. The number of aromatic nitrogens is 2. The smallest absolute Gasteiger partial charge is 0.125 e. The van der Waals surface area contributed by atoms with E-state index in [0.717, 1.165) is 12.1 Å². The molecule has 3 nitrogen and oxygen atoms in total. The van der Waals surface area contributed by atoms with Crippen LogP contribution < -0.4 is 0 Å². The highest BCUT2D eigenvalue weighted by atomic mass is 16.3. The molecule has 0 saturated carbocycles. The number of aliphatic hydroxyl groups excluding tert-OH is 1. The Kier molecular flexibility index (Phi) is 3.37. The first-order chi connectivity index (χ1) is 6.09. The van der Waals surface area contributed by atoms with E-state index in [1.165, 1.54) is 0 Å². The lowest BCUT2D eigenvalue weighted by molar-refractivity contribution is 0.146. The Morgan fingerprint density at radius 1 is 1.46 bits per heavy atom. The Hall–Kier alpha value is -0.960. The third-order valence-corrected chi connectivity index (χ3v) is 1.83. The molecule has 0 aliphatic heterocycles. The van der Waals surface area contributed by atoms with Crippen LogP contribution in [0.3, 0.4) is 0 Å². The van der Waals surface area contributed by atoms with Crippen molar-refractivity contribution < 1.29 is 5.11 Å². The van der Waals surface area contributed by atoms with E-state index in [4.69, 9.17) is 0 Å². The molecule has 1 rings (SSSR count). The van der Waals surface area contributed by atoms with Crippen LogP contribution in [0.4, 0.5) is 0 Å². The fourth-order valence-electron chi connectivity index (χ4n) is 1.23. The molecule has 0 amide bonds. The van der Waals surface area contributed by atoms with Gasteiger partial charge in [-0.25, -0.2) is 9.97 Å². The van der Waals surface area contributed by atoms with Gasteiger partial charge in [-0.3, -0.25) is 0 Å². The molecule has 0 saturated heterocycles. The molecule has 0 fully saturated rings. The zero-order valence-electron chi connectivity index (χ0n) is 8.36. The summed E-state index contributed by atoms with van der Waals surface area (Å²) in [6, 6.07) is 1.76. The monoisotopic (exact) mass is 180 g/mol. The Bertz CT molecular complexity index is 273.